The van der Waals surface area contributed by atoms with Crippen LogP contribution in [0.25, 0.3) is 0 Å². The Morgan fingerprint density at radius 2 is 1.81 bits per heavy atom. The number of nitrogens with one attached hydrogen (secondary N) is 3. The fourth-order valence-corrected chi connectivity index (χ4v) is 3.17. The fraction of sp³-hybridized carbons (Fsp3) is 0.318. The highest BCUT2D eigenvalue weighted by Gasteiger charge is 2.16. The number of anilines is 1. The van der Waals surface area contributed by atoms with Crippen molar-refractivity contribution in [1.29, 1.82) is 0 Å². The van der Waals surface area contributed by atoms with Crippen LogP contribution < -0.4 is 20.7 Å². The van der Waals surface area contributed by atoms with E-state index >= 15 is 0 Å². The topological polar surface area (TPSA) is 88.7 Å². The molecule has 0 spiro atoms. The second-order valence-corrected chi connectivity index (χ2v) is 8.22. The molecule has 3 N–H and O–H groups in total. The van der Waals surface area contributed by atoms with E-state index in [9.17, 15) is 9.59 Å². The van der Waals surface area contributed by atoms with Gasteiger partial charge in [-0.2, -0.15) is 0 Å². The Morgan fingerprint density at radius 3 is 2.45 bits per heavy atom. The SMILES string of the molecule is COCCCNC(=O)c1ccc(NC(=S)NC(=O)c2cc(Br)ccc2OC(C)C)cc1. The Bertz CT molecular complexity index is 919. The van der Waals surface area contributed by atoms with Gasteiger partial charge in [-0.25, -0.2) is 0 Å². The minimum atomic E-state index is -0.387. The zero-order chi connectivity index (χ0) is 22.8. The van der Waals surface area contributed by atoms with Crippen LogP contribution in [-0.4, -0.2) is 43.3 Å². The van der Waals surface area contributed by atoms with Crippen molar-refractivity contribution in [2.24, 2.45) is 0 Å². The van der Waals surface area contributed by atoms with Crippen LogP contribution in [0.2, 0.25) is 0 Å². The summed E-state index contributed by atoms with van der Waals surface area (Å²) in [5, 5.41) is 8.55. The number of halogens is 1. The first-order valence-electron chi connectivity index (χ1n) is 9.76. The maximum Gasteiger partial charge on any atom is 0.261 e. The molecule has 2 rings (SSSR count). The molecule has 0 saturated carbocycles. The van der Waals surface area contributed by atoms with Gasteiger partial charge in [-0.3, -0.25) is 14.9 Å². The molecule has 2 aromatic carbocycles. The van der Waals surface area contributed by atoms with Crippen LogP contribution >= 0.6 is 28.1 Å². The van der Waals surface area contributed by atoms with E-state index in [1.807, 2.05) is 13.8 Å². The summed E-state index contributed by atoms with van der Waals surface area (Å²) >= 11 is 8.63. The van der Waals surface area contributed by atoms with Crippen molar-refractivity contribution in [1.82, 2.24) is 10.6 Å². The van der Waals surface area contributed by atoms with E-state index in [-0.39, 0.29) is 23.0 Å². The first kappa shape index (κ1) is 24.8. The van der Waals surface area contributed by atoms with E-state index in [1.165, 1.54) is 0 Å². The Balaban J connectivity index is 1.95. The Kier molecular flexibility index (Phi) is 9.90. The number of carbonyl (C=O) groups excluding carboxylic acids is 2. The number of hydrogen-bond donors (Lipinski definition) is 3. The van der Waals surface area contributed by atoms with Gasteiger partial charge < -0.3 is 20.1 Å². The van der Waals surface area contributed by atoms with E-state index < -0.39 is 0 Å². The monoisotopic (exact) mass is 507 g/mol. The van der Waals surface area contributed by atoms with E-state index in [1.54, 1.807) is 49.6 Å². The average molecular weight is 508 g/mol. The van der Waals surface area contributed by atoms with Gasteiger partial charge in [-0.1, -0.05) is 15.9 Å². The highest BCUT2D eigenvalue weighted by Crippen LogP contribution is 2.24. The summed E-state index contributed by atoms with van der Waals surface area (Å²) in [6.45, 7) is 4.91. The lowest BCUT2D eigenvalue weighted by Gasteiger charge is -2.15. The molecule has 0 atom stereocenters. The van der Waals surface area contributed by atoms with Gasteiger partial charge in [0.05, 0.1) is 11.7 Å². The molecule has 0 aromatic heterocycles. The standard InChI is InChI=1S/C22H26BrN3O4S/c1-14(2)30-19-10-7-16(23)13-18(19)21(28)26-22(31)25-17-8-5-15(6-9-17)20(27)24-11-4-12-29-3/h5-10,13-14H,4,11-12H2,1-3H3,(H,24,27)(H2,25,26,28,31). The molecule has 0 radical (unpaired) electrons. The Morgan fingerprint density at radius 1 is 1.10 bits per heavy atom. The van der Waals surface area contributed by atoms with Gasteiger partial charge in [0.25, 0.3) is 11.8 Å². The van der Waals surface area contributed by atoms with Gasteiger partial charge in [0.2, 0.25) is 0 Å². The number of thiocarbonyl (C=S) groups is 1. The summed E-state index contributed by atoms with van der Waals surface area (Å²) in [6, 6.07) is 12.0. The molecule has 9 heteroatoms. The summed E-state index contributed by atoms with van der Waals surface area (Å²) in [4.78, 5) is 24.8. The maximum atomic E-state index is 12.7. The van der Waals surface area contributed by atoms with Crippen LogP contribution in [0.5, 0.6) is 5.75 Å². The molecule has 0 aliphatic carbocycles. The number of amides is 2. The minimum Gasteiger partial charge on any atom is -0.490 e. The third kappa shape index (κ3) is 8.28. The second kappa shape index (κ2) is 12.4. The summed E-state index contributed by atoms with van der Waals surface area (Å²) in [7, 11) is 1.62. The quantitative estimate of drug-likeness (QED) is 0.349. The largest absolute Gasteiger partial charge is 0.490 e. The molecule has 0 aliphatic heterocycles. The number of ether oxygens (including phenoxy) is 2. The first-order valence-corrected chi connectivity index (χ1v) is 11.0. The number of carbonyl (C=O) groups is 2. The van der Waals surface area contributed by atoms with Crippen LogP contribution in [0.3, 0.4) is 0 Å². The Labute approximate surface area is 196 Å². The summed E-state index contributed by atoms with van der Waals surface area (Å²) in [6.07, 6.45) is 0.672. The van der Waals surface area contributed by atoms with Gasteiger partial charge in [0.15, 0.2) is 5.11 Å². The van der Waals surface area contributed by atoms with Crippen molar-refractivity contribution in [3.63, 3.8) is 0 Å². The Hall–Kier alpha value is -2.49. The van der Waals surface area contributed by atoms with Crippen molar-refractivity contribution in [2.75, 3.05) is 25.6 Å². The second-order valence-electron chi connectivity index (χ2n) is 6.89. The van der Waals surface area contributed by atoms with Gasteiger partial charge in [0, 0.05) is 36.0 Å². The third-order valence-electron chi connectivity index (χ3n) is 3.99. The van der Waals surface area contributed by atoms with Crippen LogP contribution in [0.1, 0.15) is 41.0 Å². The normalized spacial score (nSPS) is 10.5. The van der Waals surface area contributed by atoms with E-state index in [2.05, 4.69) is 31.9 Å². The van der Waals surface area contributed by atoms with Crippen molar-refractivity contribution in [3.8, 4) is 5.75 Å². The van der Waals surface area contributed by atoms with Crippen molar-refractivity contribution < 1.29 is 19.1 Å². The van der Waals surface area contributed by atoms with Crippen LogP contribution in [-0.2, 0) is 4.74 Å². The molecule has 0 aliphatic rings. The summed E-state index contributed by atoms with van der Waals surface area (Å²) in [5.41, 5.74) is 1.55. The van der Waals surface area contributed by atoms with E-state index in [4.69, 9.17) is 21.7 Å². The van der Waals surface area contributed by atoms with Gasteiger partial charge in [-0.05, 0) is 75.0 Å². The number of methoxy groups -OCH3 is 1. The maximum absolute atomic E-state index is 12.7. The molecule has 0 heterocycles. The molecule has 2 aromatic rings. The predicted octanol–water partition coefficient (Wildman–Crippen LogP) is 4.13. The number of benzene rings is 2. The fourth-order valence-electron chi connectivity index (χ4n) is 2.59. The van der Waals surface area contributed by atoms with Crippen LogP contribution in [0.15, 0.2) is 46.9 Å². The molecule has 0 bridgehead atoms. The minimum absolute atomic E-state index is 0.0755. The lowest BCUT2D eigenvalue weighted by Crippen LogP contribution is -2.34. The highest BCUT2D eigenvalue weighted by atomic mass is 79.9. The molecular weight excluding hydrogens is 482 g/mol. The van der Waals surface area contributed by atoms with Crippen molar-refractivity contribution in [2.45, 2.75) is 26.4 Å². The lowest BCUT2D eigenvalue weighted by molar-refractivity contribution is 0.0945. The predicted molar refractivity (Wildman–Crippen MR) is 129 cm³/mol. The lowest BCUT2D eigenvalue weighted by atomic mass is 10.2. The van der Waals surface area contributed by atoms with Gasteiger partial charge >= 0.3 is 0 Å². The molecule has 0 unspecified atom stereocenters. The van der Waals surface area contributed by atoms with E-state index in [0.717, 1.165) is 10.9 Å². The molecule has 31 heavy (non-hydrogen) atoms. The average Bonchev–Trinajstić information content (AvgIpc) is 2.72. The number of hydrogen-bond acceptors (Lipinski definition) is 5. The molecule has 7 nitrogen and oxygen atoms in total. The molecule has 0 saturated heterocycles. The summed E-state index contributed by atoms with van der Waals surface area (Å²) in [5.74, 6) is -0.0771. The van der Waals surface area contributed by atoms with Crippen LogP contribution in [0, 0.1) is 0 Å². The zero-order valence-corrected chi connectivity index (χ0v) is 20.1. The smallest absolute Gasteiger partial charge is 0.261 e. The molecular formula is C22H26BrN3O4S. The third-order valence-corrected chi connectivity index (χ3v) is 4.69. The zero-order valence-electron chi connectivity index (χ0n) is 17.7. The van der Waals surface area contributed by atoms with Gasteiger partial charge in [0.1, 0.15) is 5.75 Å². The first-order chi connectivity index (χ1) is 14.8. The molecule has 166 valence electrons. The summed E-state index contributed by atoms with van der Waals surface area (Å²) < 4.78 is 11.4. The van der Waals surface area contributed by atoms with E-state index in [0.29, 0.717) is 35.7 Å². The molecule has 0 fully saturated rings. The molecule has 2 amide bonds. The van der Waals surface area contributed by atoms with Gasteiger partial charge in [-0.15, -0.1) is 0 Å². The number of rotatable bonds is 9. The van der Waals surface area contributed by atoms with Crippen molar-refractivity contribution in [3.05, 3.63) is 58.1 Å². The highest BCUT2D eigenvalue weighted by molar-refractivity contribution is 9.10. The van der Waals surface area contributed by atoms with Crippen LogP contribution in [0.4, 0.5) is 5.69 Å². The van der Waals surface area contributed by atoms with Crippen molar-refractivity contribution >= 4 is 50.8 Å².